The molecule has 0 aliphatic carbocycles. The van der Waals surface area contributed by atoms with Crippen molar-refractivity contribution in [2.45, 2.75) is 39.2 Å². The Morgan fingerprint density at radius 2 is 2.11 bits per heavy atom. The maximum Gasteiger partial charge on any atom is 0.137 e. The van der Waals surface area contributed by atoms with Gasteiger partial charge in [0.15, 0.2) is 0 Å². The van der Waals surface area contributed by atoms with Crippen LogP contribution >= 0.6 is 11.6 Å². The van der Waals surface area contributed by atoms with E-state index in [9.17, 15) is 0 Å². The van der Waals surface area contributed by atoms with Crippen molar-refractivity contribution in [1.82, 2.24) is 9.97 Å². The second-order valence-corrected chi connectivity index (χ2v) is 6.14. The van der Waals surface area contributed by atoms with Crippen LogP contribution < -0.4 is 4.90 Å². The number of aromatic nitrogens is 2. The van der Waals surface area contributed by atoms with Crippen molar-refractivity contribution in [3.05, 3.63) is 17.0 Å². The Balaban J connectivity index is 2.30. The van der Waals surface area contributed by atoms with Crippen LogP contribution in [0.25, 0.3) is 0 Å². The summed E-state index contributed by atoms with van der Waals surface area (Å²) in [4.78, 5) is 11.2. The van der Waals surface area contributed by atoms with Crippen molar-refractivity contribution in [1.29, 1.82) is 0 Å². The minimum Gasteiger partial charge on any atom is -0.375 e. The average molecular weight is 270 g/mol. The molecule has 100 valence electrons. The SMILES string of the molecule is CC1CN(c2cc(Cl)nc(C(C)(C)C)n2)CCO1. The number of halogens is 1. The molecule has 0 amide bonds. The molecule has 1 atom stereocenters. The Bertz CT molecular complexity index is 431. The third kappa shape index (κ3) is 3.12. The highest BCUT2D eigenvalue weighted by Gasteiger charge is 2.23. The van der Waals surface area contributed by atoms with Gasteiger partial charge in [-0.05, 0) is 6.92 Å². The summed E-state index contributed by atoms with van der Waals surface area (Å²) in [6.07, 6.45) is 0.227. The van der Waals surface area contributed by atoms with Crippen molar-refractivity contribution in [2.75, 3.05) is 24.6 Å². The first kappa shape index (κ1) is 13.6. The Morgan fingerprint density at radius 3 is 2.72 bits per heavy atom. The lowest BCUT2D eigenvalue weighted by molar-refractivity contribution is 0.0529. The van der Waals surface area contributed by atoms with E-state index in [1.54, 1.807) is 0 Å². The van der Waals surface area contributed by atoms with Gasteiger partial charge in [0.05, 0.1) is 12.7 Å². The molecule has 0 aromatic carbocycles. The second-order valence-electron chi connectivity index (χ2n) is 5.75. The monoisotopic (exact) mass is 269 g/mol. The number of morpholine rings is 1. The molecule has 1 aliphatic rings. The highest BCUT2D eigenvalue weighted by Crippen LogP contribution is 2.24. The summed E-state index contributed by atoms with van der Waals surface area (Å²) in [7, 11) is 0. The van der Waals surface area contributed by atoms with Gasteiger partial charge in [-0.25, -0.2) is 9.97 Å². The maximum absolute atomic E-state index is 6.10. The highest BCUT2D eigenvalue weighted by molar-refractivity contribution is 6.29. The molecule has 1 aromatic heterocycles. The molecule has 1 aromatic rings. The second kappa shape index (κ2) is 5.02. The molecule has 0 N–H and O–H groups in total. The van der Waals surface area contributed by atoms with E-state index in [1.807, 2.05) is 6.07 Å². The van der Waals surface area contributed by atoms with Gasteiger partial charge in [-0.1, -0.05) is 32.4 Å². The largest absolute Gasteiger partial charge is 0.375 e. The topological polar surface area (TPSA) is 38.2 Å². The van der Waals surface area contributed by atoms with Gasteiger partial charge in [-0.15, -0.1) is 0 Å². The van der Waals surface area contributed by atoms with E-state index < -0.39 is 0 Å². The lowest BCUT2D eigenvalue weighted by Gasteiger charge is -2.32. The first-order valence-corrected chi connectivity index (χ1v) is 6.65. The quantitative estimate of drug-likeness (QED) is 0.735. The third-order valence-electron chi connectivity index (χ3n) is 2.92. The Kier molecular flexibility index (Phi) is 3.78. The molecule has 0 bridgehead atoms. The van der Waals surface area contributed by atoms with Gasteiger partial charge in [0.25, 0.3) is 0 Å². The number of rotatable bonds is 1. The van der Waals surface area contributed by atoms with Crippen molar-refractivity contribution < 1.29 is 4.74 Å². The fraction of sp³-hybridized carbons (Fsp3) is 0.692. The average Bonchev–Trinajstić information content (AvgIpc) is 2.27. The van der Waals surface area contributed by atoms with Crippen LogP contribution in [0.15, 0.2) is 6.07 Å². The van der Waals surface area contributed by atoms with Crippen LogP contribution in [0.3, 0.4) is 0 Å². The molecule has 2 heterocycles. The molecule has 4 nitrogen and oxygen atoms in total. The number of anilines is 1. The number of hydrogen-bond acceptors (Lipinski definition) is 4. The predicted molar refractivity (Wildman–Crippen MR) is 73.4 cm³/mol. The Hall–Kier alpha value is -0.870. The van der Waals surface area contributed by atoms with Crippen LogP contribution in [0.2, 0.25) is 5.15 Å². The number of ether oxygens (including phenoxy) is 1. The summed E-state index contributed by atoms with van der Waals surface area (Å²) in [5.74, 6) is 1.68. The van der Waals surface area contributed by atoms with Crippen LogP contribution in [0.5, 0.6) is 0 Å². The maximum atomic E-state index is 6.10. The molecule has 1 fully saturated rings. The van der Waals surface area contributed by atoms with Crippen LogP contribution in [0.4, 0.5) is 5.82 Å². The number of hydrogen-bond donors (Lipinski definition) is 0. The number of nitrogens with zero attached hydrogens (tertiary/aromatic N) is 3. The van der Waals surface area contributed by atoms with Crippen molar-refractivity contribution >= 4 is 17.4 Å². The summed E-state index contributed by atoms with van der Waals surface area (Å²) in [5.41, 5.74) is -0.0996. The van der Waals surface area contributed by atoms with Gasteiger partial charge < -0.3 is 9.64 Å². The summed E-state index contributed by atoms with van der Waals surface area (Å²) in [6.45, 7) is 10.8. The van der Waals surface area contributed by atoms with E-state index in [0.717, 1.165) is 31.3 Å². The standard InChI is InChI=1S/C13H20ClN3O/c1-9-8-17(5-6-18-9)11-7-10(14)15-12(16-11)13(2,3)4/h7,9H,5-6,8H2,1-4H3. The molecule has 1 saturated heterocycles. The molecule has 5 heteroatoms. The fourth-order valence-corrected chi connectivity index (χ4v) is 2.11. The molecule has 0 spiro atoms. The van der Waals surface area contributed by atoms with E-state index in [-0.39, 0.29) is 11.5 Å². The zero-order valence-electron chi connectivity index (χ0n) is 11.4. The van der Waals surface area contributed by atoms with E-state index in [1.165, 1.54) is 0 Å². The Morgan fingerprint density at radius 1 is 1.39 bits per heavy atom. The normalized spacial score (nSPS) is 21.2. The first-order chi connectivity index (χ1) is 8.36. The van der Waals surface area contributed by atoms with E-state index in [2.05, 4.69) is 42.6 Å². The van der Waals surface area contributed by atoms with Gasteiger partial charge in [-0.3, -0.25) is 0 Å². The van der Waals surface area contributed by atoms with Crippen LogP contribution in [-0.2, 0) is 10.2 Å². The van der Waals surface area contributed by atoms with E-state index in [4.69, 9.17) is 16.3 Å². The first-order valence-electron chi connectivity index (χ1n) is 6.28. The van der Waals surface area contributed by atoms with Gasteiger partial charge in [0.2, 0.25) is 0 Å². The smallest absolute Gasteiger partial charge is 0.137 e. The highest BCUT2D eigenvalue weighted by atomic mass is 35.5. The lowest BCUT2D eigenvalue weighted by Crippen LogP contribution is -2.41. The summed E-state index contributed by atoms with van der Waals surface area (Å²) >= 11 is 6.10. The molecule has 18 heavy (non-hydrogen) atoms. The third-order valence-corrected chi connectivity index (χ3v) is 3.11. The van der Waals surface area contributed by atoms with Crippen LogP contribution in [-0.4, -0.2) is 35.8 Å². The molecule has 1 aliphatic heterocycles. The molecule has 2 rings (SSSR count). The zero-order chi connectivity index (χ0) is 13.3. The van der Waals surface area contributed by atoms with Gasteiger partial charge in [-0.2, -0.15) is 0 Å². The molecule has 0 saturated carbocycles. The summed E-state index contributed by atoms with van der Waals surface area (Å²) in [6, 6.07) is 1.83. The van der Waals surface area contributed by atoms with Gasteiger partial charge in [0.1, 0.15) is 16.8 Å². The molecular formula is C13H20ClN3O. The van der Waals surface area contributed by atoms with Crippen molar-refractivity contribution in [2.24, 2.45) is 0 Å². The van der Waals surface area contributed by atoms with E-state index in [0.29, 0.717) is 5.15 Å². The zero-order valence-corrected chi connectivity index (χ0v) is 12.2. The van der Waals surface area contributed by atoms with Gasteiger partial charge >= 0.3 is 0 Å². The minimum atomic E-state index is -0.0996. The predicted octanol–water partition coefficient (Wildman–Crippen LogP) is 2.65. The Labute approximate surface area is 113 Å². The molecule has 0 radical (unpaired) electrons. The van der Waals surface area contributed by atoms with Crippen molar-refractivity contribution in [3.8, 4) is 0 Å². The summed E-state index contributed by atoms with van der Waals surface area (Å²) < 4.78 is 5.54. The van der Waals surface area contributed by atoms with Crippen molar-refractivity contribution in [3.63, 3.8) is 0 Å². The molecular weight excluding hydrogens is 250 g/mol. The molecule has 1 unspecified atom stereocenters. The van der Waals surface area contributed by atoms with Gasteiger partial charge in [0, 0.05) is 24.6 Å². The van der Waals surface area contributed by atoms with Crippen LogP contribution in [0, 0.1) is 0 Å². The fourth-order valence-electron chi connectivity index (χ4n) is 1.93. The lowest BCUT2D eigenvalue weighted by atomic mass is 9.96. The summed E-state index contributed by atoms with van der Waals surface area (Å²) in [5, 5.41) is 0.504. The minimum absolute atomic E-state index is 0.0996. The van der Waals surface area contributed by atoms with E-state index >= 15 is 0 Å². The van der Waals surface area contributed by atoms with Crippen LogP contribution in [0.1, 0.15) is 33.5 Å².